The third-order valence-electron chi connectivity index (χ3n) is 4.28. The average molecular weight is 389 g/mol. The number of aromatic nitrogens is 1. The van der Waals surface area contributed by atoms with Crippen LogP contribution in [0.4, 0.5) is 0 Å². The van der Waals surface area contributed by atoms with Crippen molar-refractivity contribution in [2.45, 2.75) is 25.7 Å². The summed E-state index contributed by atoms with van der Waals surface area (Å²) in [6.45, 7) is 2.35. The van der Waals surface area contributed by atoms with E-state index in [2.05, 4.69) is 40.5 Å². The molecule has 0 saturated carbocycles. The molecule has 0 bridgehead atoms. The molecule has 0 radical (unpaired) electrons. The van der Waals surface area contributed by atoms with Crippen LogP contribution in [0.5, 0.6) is 0 Å². The molecular weight excluding hydrogens is 360 g/mol. The van der Waals surface area contributed by atoms with Crippen molar-refractivity contribution in [1.82, 2.24) is 20.1 Å². The highest BCUT2D eigenvalue weighted by molar-refractivity contribution is 7.07. The molecule has 0 saturated heterocycles. The van der Waals surface area contributed by atoms with E-state index in [0.29, 0.717) is 6.54 Å². The lowest BCUT2D eigenvalue weighted by molar-refractivity contribution is -0.132. The Labute approximate surface area is 165 Å². The number of carbonyl (C=O) groups excluding carboxylic acids is 2. The fourth-order valence-corrected chi connectivity index (χ4v) is 3.15. The fourth-order valence-electron chi connectivity index (χ4n) is 2.63. The summed E-state index contributed by atoms with van der Waals surface area (Å²) in [7, 11) is 3.85. The number of allylic oxidation sites excluding steroid dienone is 2. The Morgan fingerprint density at radius 2 is 2.11 bits per heavy atom. The maximum atomic E-state index is 12.2. The van der Waals surface area contributed by atoms with Crippen LogP contribution in [0, 0.1) is 0 Å². The van der Waals surface area contributed by atoms with Gasteiger partial charge in [-0.25, -0.2) is 4.98 Å². The van der Waals surface area contributed by atoms with Crippen molar-refractivity contribution < 1.29 is 9.59 Å². The molecule has 146 valence electrons. The fraction of sp³-hybridized carbons (Fsp3) is 0.450. The van der Waals surface area contributed by atoms with Gasteiger partial charge in [0.05, 0.1) is 11.2 Å². The molecule has 0 spiro atoms. The molecule has 6 nitrogen and oxygen atoms in total. The van der Waals surface area contributed by atoms with Gasteiger partial charge in [0, 0.05) is 51.1 Å². The molecule has 1 aliphatic carbocycles. The summed E-state index contributed by atoms with van der Waals surface area (Å²) in [5, 5.41) is 4.55. The number of thiazole rings is 1. The molecule has 0 fully saturated rings. The third kappa shape index (κ3) is 8.32. The van der Waals surface area contributed by atoms with Crippen LogP contribution in [0.1, 0.15) is 31.4 Å². The van der Waals surface area contributed by atoms with Gasteiger partial charge >= 0.3 is 0 Å². The summed E-state index contributed by atoms with van der Waals surface area (Å²) in [4.78, 5) is 32.0. The summed E-state index contributed by atoms with van der Waals surface area (Å²) in [5.74, 6) is -0.185. The number of hydrogen-bond donors (Lipinski definition) is 1. The van der Waals surface area contributed by atoms with E-state index >= 15 is 0 Å². The van der Waals surface area contributed by atoms with Crippen molar-refractivity contribution in [1.29, 1.82) is 0 Å². The molecule has 27 heavy (non-hydrogen) atoms. The first kappa shape index (κ1) is 21.1. The number of likely N-dealkylation sites (N-methyl/N-ethyl adjacent to an activating group) is 2. The lowest BCUT2D eigenvalue weighted by Gasteiger charge is -2.23. The van der Waals surface area contributed by atoms with Crippen LogP contribution in [0.25, 0.3) is 6.08 Å². The minimum atomic E-state index is -0.170. The molecule has 0 aromatic carbocycles. The first-order chi connectivity index (χ1) is 13.0. The zero-order valence-corrected chi connectivity index (χ0v) is 16.9. The highest BCUT2D eigenvalue weighted by Gasteiger charge is 2.12. The van der Waals surface area contributed by atoms with Crippen molar-refractivity contribution in [3.63, 3.8) is 0 Å². The maximum Gasteiger partial charge on any atom is 0.224 e. The first-order valence-electron chi connectivity index (χ1n) is 9.17. The van der Waals surface area contributed by atoms with Crippen LogP contribution < -0.4 is 5.32 Å². The van der Waals surface area contributed by atoms with Crippen molar-refractivity contribution in [2.75, 3.05) is 33.7 Å². The minimum Gasteiger partial charge on any atom is -0.344 e. The summed E-state index contributed by atoms with van der Waals surface area (Å²) in [6.07, 6.45) is 12.6. The van der Waals surface area contributed by atoms with Crippen LogP contribution in [0.15, 0.2) is 40.9 Å². The van der Waals surface area contributed by atoms with E-state index in [9.17, 15) is 9.59 Å². The molecule has 0 atom stereocenters. The van der Waals surface area contributed by atoms with E-state index in [4.69, 9.17) is 0 Å². The second-order valence-corrected chi connectivity index (χ2v) is 7.34. The first-order valence-corrected chi connectivity index (χ1v) is 10.1. The SMILES string of the molecule is CN(CCN(C)C(=O)CCC(=O)N/C=C/c1cscn1)CC1=CCCC=C1. The Morgan fingerprint density at radius 1 is 1.26 bits per heavy atom. The van der Waals surface area contributed by atoms with Crippen molar-refractivity contribution in [2.24, 2.45) is 0 Å². The molecule has 0 unspecified atom stereocenters. The average Bonchev–Trinajstić information content (AvgIpc) is 3.18. The predicted octanol–water partition coefficient (Wildman–Crippen LogP) is 2.68. The Morgan fingerprint density at radius 3 is 2.81 bits per heavy atom. The largest absolute Gasteiger partial charge is 0.344 e. The Bertz CT molecular complexity index is 695. The number of rotatable bonds is 10. The van der Waals surface area contributed by atoms with Gasteiger partial charge in [0.25, 0.3) is 0 Å². The van der Waals surface area contributed by atoms with Crippen LogP contribution in [0.2, 0.25) is 0 Å². The lowest BCUT2D eigenvalue weighted by atomic mass is 10.1. The van der Waals surface area contributed by atoms with E-state index in [-0.39, 0.29) is 24.7 Å². The monoisotopic (exact) mass is 388 g/mol. The topological polar surface area (TPSA) is 65.5 Å². The Balaban J connectivity index is 1.60. The van der Waals surface area contributed by atoms with Gasteiger partial charge in [-0.15, -0.1) is 11.3 Å². The number of carbonyl (C=O) groups is 2. The second kappa shape index (κ2) is 11.5. The standard InChI is InChI=1S/C20H28N4O2S/c1-23(14-17-6-4-3-5-7-17)12-13-24(2)20(26)9-8-19(25)21-11-10-18-15-27-16-22-18/h4,6-7,10-11,15-16H,3,5,8-9,12-14H2,1-2H3,(H,21,25)/b11-10+. The predicted molar refractivity (Wildman–Crippen MR) is 110 cm³/mol. The van der Waals surface area contributed by atoms with E-state index < -0.39 is 0 Å². The summed E-state index contributed by atoms with van der Waals surface area (Å²) >= 11 is 1.50. The zero-order valence-electron chi connectivity index (χ0n) is 16.1. The van der Waals surface area contributed by atoms with Crippen molar-refractivity contribution >= 4 is 29.2 Å². The van der Waals surface area contributed by atoms with Gasteiger partial charge in [0.2, 0.25) is 11.8 Å². The number of nitrogens with zero attached hydrogens (tertiary/aromatic N) is 3. The van der Waals surface area contributed by atoms with Gasteiger partial charge in [0.15, 0.2) is 0 Å². The van der Waals surface area contributed by atoms with E-state index in [1.54, 1.807) is 29.7 Å². The molecular formula is C20H28N4O2S. The molecule has 2 rings (SSSR count). The molecule has 1 N–H and O–H groups in total. The second-order valence-electron chi connectivity index (χ2n) is 6.63. The van der Waals surface area contributed by atoms with Gasteiger partial charge in [-0.2, -0.15) is 0 Å². The molecule has 1 aromatic rings. The lowest BCUT2D eigenvalue weighted by Crippen LogP contribution is -2.35. The Hall–Kier alpha value is -2.25. The quantitative estimate of drug-likeness (QED) is 0.669. The van der Waals surface area contributed by atoms with Gasteiger partial charge in [-0.05, 0) is 31.5 Å². The van der Waals surface area contributed by atoms with Gasteiger partial charge in [-0.1, -0.05) is 18.2 Å². The van der Waals surface area contributed by atoms with Crippen LogP contribution in [0.3, 0.4) is 0 Å². The van der Waals surface area contributed by atoms with Gasteiger partial charge in [-0.3, -0.25) is 9.59 Å². The Kier molecular flexibility index (Phi) is 8.94. The normalized spacial score (nSPS) is 13.8. The van der Waals surface area contributed by atoms with Crippen molar-refractivity contribution in [3.05, 3.63) is 46.6 Å². The van der Waals surface area contributed by atoms with Crippen molar-refractivity contribution in [3.8, 4) is 0 Å². The summed E-state index contributed by atoms with van der Waals surface area (Å²) in [5.41, 5.74) is 3.87. The third-order valence-corrected chi connectivity index (χ3v) is 4.89. The number of amides is 2. The number of nitrogens with one attached hydrogen (secondary N) is 1. The highest BCUT2D eigenvalue weighted by atomic mass is 32.1. The van der Waals surface area contributed by atoms with E-state index in [0.717, 1.165) is 31.6 Å². The molecule has 1 aliphatic rings. The number of hydrogen-bond acceptors (Lipinski definition) is 5. The highest BCUT2D eigenvalue weighted by Crippen LogP contribution is 2.10. The van der Waals surface area contributed by atoms with Gasteiger partial charge < -0.3 is 15.1 Å². The maximum absolute atomic E-state index is 12.2. The van der Waals surface area contributed by atoms with E-state index in [1.165, 1.54) is 16.9 Å². The summed E-state index contributed by atoms with van der Waals surface area (Å²) in [6, 6.07) is 0. The van der Waals surface area contributed by atoms with Crippen LogP contribution in [-0.2, 0) is 9.59 Å². The summed E-state index contributed by atoms with van der Waals surface area (Å²) < 4.78 is 0. The van der Waals surface area contributed by atoms with Crippen LogP contribution in [-0.4, -0.2) is 60.3 Å². The van der Waals surface area contributed by atoms with Crippen LogP contribution >= 0.6 is 11.3 Å². The molecule has 1 heterocycles. The minimum absolute atomic E-state index is 0.0150. The smallest absolute Gasteiger partial charge is 0.224 e. The molecule has 1 aromatic heterocycles. The van der Waals surface area contributed by atoms with E-state index in [1.807, 2.05) is 5.38 Å². The molecule has 7 heteroatoms. The molecule has 0 aliphatic heterocycles. The van der Waals surface area contributed by atoms with Gasteiger partial charge in [0.1, 0.15) is 0 Å². The zero-order chi connectivity index (χ0) is 19.5. The molecule has 2 amide bonds.